The SMILES string of the molecule is CCOC(=O)C(C)NC(=O)NC(C)CCCC(=O)O. The van der Waals surface area contributed by atoms with Crippen molar-refractivity contribution in [2.75, 3.05) is 6.61 Å². The molecule has 7 heteroatoms. The number of hydrogen-bond acceptors (Lipinski definition) is 4. The van der Waals surface area contributed by atoms with Gasteiger partial charge in [0.2, 0.25) is 0 Å². The normalized spacial score (nSPS) is 13.2. The van der Waals surface area contributed by atoms with E-state index in [1.54, 1.807) is 13.8 Å². The number of ether oxygens (including phenoxy) is 1. The highest BCUT2D eigenvalue weighted by molar-refractivity contribution is 5.83. The molecule has 0 fully saturated rings. The Labute approximate surface area is 112 Å². The molecule has 0 saturated heterocycles. The van der Waals surface area contributed by atoms with E-state index in [9.17, 15) is 14.4 Å². The Hall–Kier alpha value is -1.79. The highest BCUT2D eigenvalue weighted by Crippen LogP contribution is 2.00. The molecule has 0 heterocycles. The van der Waals surface area contributed by atoms with Gasteiger partial charge in [-0.2, -0.15) is 0 Å². The van der Waals surface area contributed by atoms with Crippen molar-refractivity contribution >= 4 is 18.0 Å². The molecule has 7 nitrogen and oxygen atoms in total. The molecule has 3 N–H and O–H groups in total. The Bertz CT molecular complexity index is 319. The van der Waals surface area contributed by atoms with Gasteiger partial charge >= 0.3 is 18.0 Å². The van der Waals surface area contributed by atoms with E-state index in [1.807, 2.05) is 0 Å². The van der Waals surface area contributed by atoms with E-state index in [1.165, 1.54) is 6.92 Å². The van der Waals surface area contributed by atoms with Crippen LogP contribution in [0.2, 0.25) is 0 Å². The van der Waals surface area contributed by atoms with Gasteiger partial charge in [-0.1, -0.05) is 0 Å². The second-order valence-electron chi connectivity index (χ2n) is 4.28. The van der Waals surface area contributed by atoms with Crippen molar-refractivity contribution in [3.8, 4) is 0 Å². The Morgan fingerprint density at radius 1 is 1.21 bits per heavy atom. The average molecular weight is 274 g/mol. The number of hydrogen-bond donors (Lipinski definition) is 3. The fourth-order valence-corrected chi connectivity index (χ4v) is 1.42. The highest BCUT2D eigenvalue weighted by Gasteiger charge is 2.17. The van der Waals surface area contributed by atoms with E-state index < -0.39 is 24.0 Å². The lowest BCUT2D eigenvalue weighted by molar-refractivity contribution is -0.144. The monoisotopic (exact) mass is 274 g/mol. The van der Waals surface area contributed by atoms with Crippen LogP contribution in [0.5, 0.6) is 0 Å². The molecule has 0 aliphatic heterocycles. The summed E-state index contributed by atoms with van der Waals surface area (Å²) in [5.41, 5.74) is 0. The number of carbonyl (C=O) groups excluding carboxylic acids is 2. The standard InChI is InChI=1S/C12H22N2O5/c1-4-19-11(17)9(3)14-12(18)13-8(2)6-5-7-10(15)16/h8-9H,4-7H2,1-3H3,(H,15,16)(H2,13,14,18). The second-order valence-corrected chi connectivity index (χ2v) is 4.28. The van der Waals surface area contributed by atoms with Gasteiger partial charge in [-0.3, -0.25) is 4.79 Å². The lowest BCUT2D eigenvalue weighted by Gasteiger charge is -2.17. The van der Waals surface area contributed by atoms with Crippen molar-refractivity contribution < 1.29 is 24.2 Å². The van der Waals surface area contributed by atoms with Gasteiger partial charge in [0.1, 0.15) is 6.04 Å². The van der Waals surface area contributed by atoms with Gasteiger partial charge in [0, 0.05) is 12.5 Å². The van der Waals surface area contributed by atoms with Crippen LogP contribution in [0, 0.1) is 0 Å². The molecule has 0 saturated carbocycles. The molecule has 0 aromatic rings. The number of aliphatic carboxylic acids is 1. The van der Waals surface area contributed by atoms with Crippen molar-refractivity contribution in [3.63, 3.8) is 0 Å². The zero-order valence-corrected chi connectivity index (χ0v) is 11.6. The predicted octanol–water partition coefficient (Wildman–Crippen LogP) is 0.881. The van der Waals surface area contributed by atoms with Gasteiger partial charge in [-0.05, 0) is 33.6 Å². The summed E-state index contributed by atoms with van der Waals surface area (Å²) in [7, 11) is 0. The summed E-state index contributed by atoms with van der Waals surface area (Å²) in [6.07, 6.45) is 1.13. The van der Waals surface area contributed by atoms with E-state index in [0.717, 1.165) is 0 Å². The van der Waals surface area contributed by atoms with Crippen molar-refractivity contribution in [1.82, 2.24) is 10.6 Å². The number of carbonyl (C=O) groups is 3. The fourth-order valence-electron chi connectivity index (χ4n) is 1.42. The third-order valence-electron chi connectivity index (χ3n) is 2.39. The van der Waals surface area contributed by atoms with E-state index in [2.05, 4.69) is 10.6 Å². The second kappa shape index (κ2) is 9.18. The average Bonchev–Trinajstić information content (AvgIpc) is 2.28. The summed E-state index contributed by atoms with van der Waals surface area (Å²) >= 11 is 0. The zero-order valence-electron chi connectivity index (χ0n) is 11.6. The molecular formula is C12H22N2O5. The third-order valence-corrected chi connectivity index (χ3v) is 2.39. The number of rotatable bonds is 8. The summed E-state index contributed by atoms with van der Waals surface area (Å²) in [6.45, 7) is 5.26. The summed E-state index contributed by atoms with van der Waals surface area (Å²) in [5.74, 6) is -1.34. The third kappa shape index (κ3) is 8.87. The molecule has 0 aliphatic carbocycles. The summed E-state index contributed by atoms with van der Waals surface area (Å²) in [4.78, 5) is 33.1. The minimum Gasteiger partial charge on any atom is -0.481 e. The van der Waals surface area contributed by atoms with E-state index >= 15 is 0 Å². The van der Waals surface area contributed by atoms with Crippen molar-refractivity contribution in [3.05, 3.63) is 0 Å². The Morgan fingerprint density at radius 3 is 2.37 bits per heavy atom. The van der Waals surface area contributed by atoms with Gasteiger partial charge in [-0.25, -0.2) is 9.59 Å². The number of urea groups is 1. The van der Waals surface area contributed by atoms with E-state index in [0.29, 0.717) is 12.8 Å². The summed E-state index contributed by atoms with van der Waals surface area (Å²) < 4.78 is 4.75. The molecule has 110 valence electrons. The number of amides is 2. The van der Waals surface area contributed by atoms with Gasteiger partial charge < -0.3 is 20.5 Å². The van der Waals surface area contributed by atoms with E-state index in [-0.39, 0.29) is 19.1 Å². The quantitative estimate of drug-likeness (QED) is 0.570. The molecule has 0 rings (SSSR count). The molecule has 2 unspecified atom stereocenters. The Morgan fingerprint density at radius 2 is 1.84 bits per heavy atom. The molecule has 0 aromatic carbocycles. The number of carboxylic acid groups (broad SMARTS) is 1. The van der Waals surface area contributed by atoms with Crippen LogP contribution in [0.3, 0.4) is 0 Å². The molecular weight excluding hydrogens is 252 g/mol. The maximum Gasteiger partial charge on any atom is 0.328 e. The topological polar surface area (TPSA) is 105 Å². The molecule has 19 heavy (non-hydrogen) atoms. The number of nitrogens with one attached hydrogen (secondary N) is 2. The molecule has 0 bridgehead atoms. The fraction of sp³-hybridized carbons (Fsp3) is 0.750. The number of esters is 1. The maximum atomic E-state index is 11.5. The van der Waals surface area contributed by atoms with Crippen molar-refractivity contribution in [1.29, 1.82) is 0 Å². The smallest absolute Gasteiger partial charge is 0.328 e. The largest absolute Gasteiger partial charge is 0.481 e. The number of carboxylic acids is 1. The van der Waals surface area contributed by atoms with Crippen molar-refractivity contribution in [2.45, 2.75) is 52.1 Å². The van der Waals surface area contributed by atoms with Crippen LogP contribution in [0.25, 0.3) is 0 Å². The summed E-state index contributed by atoms with van der Waals surface area (Å²) in [5, 5.41) is 13.6. The lowest BCUT2D eigenvalue weighted by Crippen LogP contribution is -2.47. The van der Waals surface area contributed by atoms with E-state index in [4.69, 9.17) is 9.84 Å². The Kier molecular flexibility index (Phi) is 8.32. The predicted molar refractivity (Wildman–Crippen MR) is 68.7 cm³/mol. The zero-order chi connectivity index (χ0) is 14.8. The highest BCUT2D eigenvalue weighted by atomic mass is 16.5. The van der Waals surface area contributed by atoms with Crippen LogP contribution in [-0.4, -0.2) is 41.8 Å². The van der Waals surface area contributed by atoms with Gasteiger partial charge in [0.05, 0.1) is 6.61 Å². The Balaban J connectivity index is 3.89. The van der Waals surface area contributed by atoms with Crippen LogP contribution in [0.4, 0.5) is 4.79 Å². The first-order chi connectivity index (χ1) is 8.86. The molecule has 2 atom stereocenters. The first-order valence-corrected chi connectivity index (χ1v) is 6.32. The van der Waals surface area contributed by atoms with Crippen LogP contribution in [0.15, 0.2) is 0 Å². The van der Waals surface area contributed by atoms with Gasteiger partial charge in [-0.15, -0.1) is 0 Å². The first kappa shape index (κ1) is 17.2. The molecule has 0 radical (unpaired) electrons. The molecule has 0 aromatic heterocycles. The first-order valence-electron chi connectivity index (χ1n) is 6.32. The minimum atomic E-state index is -0.854. The molecule has 0 spiro atoms. The van der Waals surface area contributed by atoms with Gasteiger partial charge in [0.15, 0.2) is 0 Å². The molecule has 0 aliphatic rings. The van der Waals surface area contributed by atoms with Crippen LogP contribution >= 0.6 is 0 Å². The maximum absolute atomic E-state index is 11.5. The van der Waals surface area contributed by atoms with Gasteiger partial charge in [0.25, 0.3) is 0 Å². The minimum absolute atomic E-state index is 0.0763. The summed E-state index contributed by atoms with van der Waals surface area (Å²) in [6, 6.07) is -1.34. The van der Waals surface area contributed by atoms with Crippen LogP contribution in [-0.2, 0) is 14.3 Å². The van der Waals surface area contributed by atoms with Crippen molar-refractivity contribution in [2.24, 2.45) is 0 Å². The van der Waals surface area contributed by atoms with Crippen LogP contribution in [0.1, 0.15) is 40.0 Å². The lowest BCUT2D eigenvalue weighted by atomic mass is 10.1. The van der Waals surface area contributed by atoms with Crippen LogP contribution < -0.4 is 10.6 Å². The molecule has 2 amide bonds.